The monoisotopic (exact) mass is 328 g/mol. The highest BCUT2D eigenvalue weighted by molar-refractivity contribution is 6.42. The Bertz CT molecular complexity index is 685. The number of aromatic nitrogens is 1. The summed E-state index contributed by atoms with van der Waals surface area (Å²) in [6, 6.07) is 4.82. The van der Waals surface area contributed by atoms with E-state index in [1.165, 1.54) is 6.26 Å². The molecule has 0 saturated carbocycles. The third-order valence-electron chi connectivity index (χ3n) is 2.53. The number of oxazole rings is 1. The molecule has 6 nitrogen and oxygen atoms in total. The molecule has 0 radical (unpaired) electrons. The lowest BCUT2D eigenvalue weighted by Gasteiger charge is -1.99. The number of carboxylic acid groups (broad SMARTS) is 1. The van der Waals surface area contributed by atoms with Gasteiger partial charge in [-0.15, -0.1) is 0 Å². The summed E-state index contributed by atoms with van der Waals surface area (Å²) < 4.78 is 5.20. The molecule has 1 amide bonds. The predicted octanol–water partition coefficient (Wildman–Crippen LogP) is 2.85. The van der Waals surface area contributed by atoms with E-state index < -0.39 is 11.9 Å². The number of carbonyl (C=O) groups is 2. The van der Waals surface area contributed by atoms with Gasteiger partial charge in [-0.05, 0) is 18.2 Å². The third-order valence-corrected chi connectivity index (χ3v) is 3.27. The second kappa shape index (κ2) is 6.60. The molecule has 1 aromatic carbocycles. The minimum Gasteiger partial charge on any atom is -0.481 e. The predicted molar refractivity (Wildman–Crippen MR) is 76.5 cm³/mol. The highest BCUT2D eigenvalue weighted by atomic mass is 35.5. The minimum absolute atomic E-state index is 0.0170. The molecule has 2 aromatic rings. The van der Waals surface area contributed by atoms with Gasteiger partial charge in [0.2, 0.25) is 5.89 Å². The summed E-state index contributed by atoms with van der Waals surface area (Å²) in [7, 11) is 0. The second-order valence-corrected chi connectivity index (χ2v) is 4.88. The molecular formula is C13H10Cl2N2O4. The Balaban J connectivity index is 2.08. The minimum atomic E-state index is -0.994. The summed E-state index contributed by atoms with van der Waals surface area (Å²) in [6.45, 7) is 0.0170. The highest BCUT2D eigenvalue weighted by Gasteiger charge is 2.14. The van der Waals surface area contributed by atoms with Crippen LogP contribution in [0.25, 0.3) is 11.5 Å². The van der Waals surface area contributed by atoms with E-state index in [4.69, 9.17) is 32.7 Å². The van der Waals surface area contributed by atoms with Gasteiger partial charge in [-0.25, -0.2) is 4.98 Å². The fraction of sp³-hybridized carbons (Fsp3) is 0.154. The lowest BCUT2D eigenvalue weighted by atomic mass is 10.2. The normalized spacial score (nSPS) is 10.4. The molecule has 1 aromatic heterocycles. The van der Waals surface area contributed by atoms with Crippen molar-refractivity contribution in [3.63, 3.8) is 0 Å². The van der Waals surface area contributed by atoms with Crippen LogP contribution >= 0.6 is 23.2 Å². The Morgan fingerprint density at radius 3 is 2.71 bits per heavy atom. The maximum absolute atomic E-state index is 11.7. The van der Waals surface area contributed by atoms with Gasteiger partial charge in [0.1, 0.15) is 6.26 Å². The van der Waals surface area contributed by atoms with E-state index >= 15 is 0 Å². The summed E-state index contributed by atoms with van der Waals surface area (Å²) in [5.41, 5.74) is 0.635. The molecule has 0 unspecified atom stereocenters. The molecule has 0 fully saturated rings. The third kappa shape index (κ3) is 3.96. The van der Waals surface area contributed by atoms with Gasteiger partial charge in [0.25, 0.3) is 5.91 Å². The van der Waals surface area contributed by atoms with Gasteiger partial charge in [-0.1, -0.05) is 23.2 Å². The average Bonchev–Trinajstić information content (AvgIpc) is 2.91. The van der Waals surface area contributed by atoms with E-state index in [9.17, 15) is 9.59 Å². The Kier molecular flexibility index (Phi) is 4.82. The summed E-state index contributed by atoms with van der Waals surface area (Å²) in [6.07, 6.45) is 1.02. The summed E-state index contributed by atoms with van der Waals surface area (Å²) in [5.74, 6) is -1.28. The average molecular weight is 329 g/mol. The molecule has 0 aliphatic carbocycles. The number of hydrogen-bond donors (Lipinski definition) is 2. The lowest BCUT2D eigenvalue weighted by Crippen LogP contribution is -2.26. The summed E-state index contributed by atoms with van der Waals surface area (Å²) in [5, 5.41) is 11.7. The van der Waals surface area contributed by atoms with Crippen LogP contribution in [0.3, 0.4) is 0 Å². The zero-order valence-electron chi connectivity index (χ0n) is 10.6. The van der Waals surface area contributed by atoms with Crippen LogP contribution in [0, 0.1) is 0 Å². The first-order valence-corrected chi connectivity index (χ1v) is 6.64. The molecule has 0 spiro atoms. The van der Waals surface area contributed by atoms with Gasteiger partial charge in [-0.2, -0.15) is 0 Å². The van der Waals surface area contributed by atoms with Crippen LogP contribution < -0.4 is 5.32 Å². The molecule has 0 aliphatic rings. The molecule has 8 heteroatoms. The van der Waals surface area contributed by atoms with E-state index in [0.29, 0.717) is 15.6 Å². The van der Waals surface area contributed by atoms with Crippen LogP contribution in [0.15, 0.2) is 28.9 Å². The van der Waals surface area contributed by atoms with Gasteiger partial charge in [0.05, 0.1) is 16.5 Å². The van der Waals surface area contributed by atoms with Gasteiger partial charge in [0.15, 0.2) is 5.69 Å². The maximum atomic E-state index is 11.7. The van der Waals surface area contributed by atoms with Crippen LogP contribution in [0.4, 0.5) is 0 Å². The topological polar surface area (TPSA) is 92.4 Å². The van der Waals surface area contributed by atoms with Gasteiger partial charge in [0, 0.05) is 12.1 Å². The Morgan fingerprint density at radius 1 is 1.29 bits per heavy atom. The van der Waals surface area contributed by atoms with E-state index in [2.05, 4.69) is 10.3 Å². The smallest absolute Gasteiger partial charge is 0.305 e. The van der Waals surface area contributed by atoms with Crippen molar-refractivity contribution in [3.05, 3.63) is 40.2 Å². The molecule has 0 bridgehead atoms. The molecular weight excluding hydrogens is 319 g/mol. The van der Waals surface area contributed by atoms with E-state index in [-0.39, 0.29) is 24.6 Å². The van der Waals surface area contributed by atoms with E-state index in [1.54, 1.807) is 18.2 Å². The van der Waals surface area contributed by atoms with Crippen molar-refractivity contribution in [2.75, 3.05) is 6.54 Å². The van der Waals surface area contributed by atoms with Gasteiger partial charge in [-0.3, -0.25) is 9.59 Å². The number of carboxylic acids is 1. The highest BCUT2D eigenvalue weighted by Crippen LogP contribution is 2.28. The van der Waals surface area contributed by atoms with Gasteiger partial charge >= 0.3 is 5.97 Å². The standard InChI is InChI=1S/C13H10Cl2N2O4/c14-8-2-1-7(5-9(8)15)13-17-10(6-21-13)12(20)16-4-3-11(18)19/h1-2,5-6H,3-4H2,(H,16,20)(H,18,19). The van der Waals surface area contributed by atoms with Crippen molar-refractivity contribution in [3.8, 4) is 11.5 Å². The molecule has 2 rings (SSSR count). The number of nitrogens with one attached hydrogen (secondary N) is 1. The Hall–Kier alpha value is -2.05. The number of rotatable bonds is 5. The lowest BCUT2D eigenvalue weighted by molar-refractivity contribution is -0.136. The van der Waals surface area contributed by atoms with Crippen LogP contribution in [0.5, 0.6) is 0 Å². The van der Waals surface area contributed by atoms with Crippen LogP contribution in [0.2, 0.25) is 10.0 Å². The molecule has 21 heavy (non-hydrogen) atoms. The molecule has 0 aliphatic heterocycles. The van der Waals surface area contributed by atoms with E-state index in [1.807, 2.05) is 0 Å². The van der Waals surface area contributed by atoms with E-state index in [0.717, 1.165) is 0 Å². The molecule has 0 atom stereocenters. The largest absolute Gasteiger partial charge is 0.481 e. The first-order chi connectivity index (χ1) is 9.97. The van der Waals surface area contributed by atoms with Crippen LogP contribution in [-0.2, 0) is 4.79 Å². The van der Waals surface area contributed by atoms with Crippen molar-refractivity contribution in [1.29, 1.82) is 0 Å². The Morgan fingerprint density at radius 2 is 2.05 bits per heavy atom. The second-order valence-electron chi connectivity index (χ2n) is 4.07. The maximum Gasteiger partial charge on any atom is 0.305 e. The van der Waals surface area contributed by atoms with Crippen LogP contribution in [0.1, 0.15) is 16.9 Å². The molecule has 1 heterocycles. The molecule has 0 saturated heterocycles. The van der Waals surface area contributed by atoms with Crippen molar-refractivity contribution >= 4 is 35.1 Å². The number of nitrogens with zero attached hydrogens (tertiary/aromatic N) is 1. The zero-order valence-corrected chi connectivity index (χ0v) is 12.1. The Labute approximate surface area is 129 Å². The SMILES string of the molecule is O=C(O)CCNC(=O)c1coc(-c2ccc(Cl)c(Cl)c2)n1. The summed E-state index contributed by atoms with van der Waals surface area (Å²) >= 11 is 11.7. The first-order valence-electron chi connectivity index (χ1n) is 5.88. The number of aliphatic carboxylic acids is 1. The molecule has 110 valence electrons. The van der Waals surface area contributed by atoms with Crippen molar-refractivity contribution in [1.82, 2.24) is 10.3 Å². The summed E-state index contributed by atoms with van der Waals surface area (Å²) in [4.78, 5) is 26.1. The van der Waals surface area contributed by atoms with Crippen molar-refractivity contribution in [2.24, 2.45) is 0 Å². The quantitative estimate of drug-likeness (QED) is 0.880. The zero-order chi connectivity index (χ0) is 15.4. The first kappa shape index (κ1) is 15.3. The molecule has 2 N–H and O–H groups in total. The number of halogens is 2. The van der Waals surface area contributed by atoms with Crippen molar-refractivity contribution < 1.29 is 19.1 Å². The van der Waals surface area contributed by atoms with Crippen molar-refractivity contribution in [2.45, 2.75) is 6.42 Å². The number of benzene rings is 1. The number of hydrogen-bond acceptors (Lipinski definition) is 4. The fourth-order valence-electron chi connectivity index (χ4n) is 1.51. The van der Waals surface area contributed by atoms with Crippen LogP contribution in [-0.4, -0.2) is 28.5 Å². The van der Waals surface area contributed by atoms with Gasteiger partial charge < -0.3 is 14.8 Å². The number of carbonyl (C=O) groups excluding carboxylic acids is 1. The fourth-order valence-corrected chi connectivity index (χ4v) is 1.81. The number of amides is 1.